The number of furan rings is 1. The highest BCUT2D eigenvalue weighted by molar-refractivity contribution is 6.29. The second-order valence-corrected chi connectivity index (χ2v) is 10.8. The Kier molecular flexibility index (Phi) is 2.94. The van der Waals surface area contributed by atoms with E-state index >= 15 is 0 Å². The number of rotatable bonds is 2. The van der Waals surface area contributed by atoms with Gasteiger partial charge in [0.05, 0.1) is 15.1 Å². The number of para-hydroxylation sites is 1. The minimum atomic E-state index is -0.593. The lowest BCUT2D eigenvalue weighted by Crippen LogP contribution is -1.92. The smallest absolute Gasteiger partial charge is 0.136 e. The van der Waals surface area contributed by atoms with Crippen molar-refractivity contribution >= 4 is 75.8 Å². The van der Waals surface area contributed by atoms with Crippen molar-refractivity contribution in [3.8, 4) is 22.3 Å². The summed E-state index contributed by atoms with van der Waals surface area (Å²) < 4.78 is 107. The van der Waals surface area contributed by atoms with E-state index in [2.05, 4.69) is 0 Å². The molecule has 0 fully saturated rings. The fraction of sp³-hybridized carbons (Fsp3) is 0. The van der Waals surface area contributed by atoms with Crippen LogP contribution in [0.2, 0.25) is 0 Å². The van der Waals surface area contributed by atoms with Crippen molar-refractivity contribution in [3.63, 3.8) is 0 Å². The van der Waals surface area contributed by atoms with Gasteiger partial charge in [-0.15, -0.1) is 0 Å². The Balaban J connectivity index is 1.51. The molecule has 9 aromatic carbocycles. The highest BCUT2D eigenvalue weighted by Gasteiger charge is 2.20. The van der Waals surface area contributed by atoms with E-state index in [1.54, 1.807) is 24.3 Å². The second-order valence-electron chi connectivity index (χ2n) is 10.8. The highest BCUT2D eigenvalue weighted by atomic mass is 16.3. The maximum absolute atomic E-state index is 9.50. The summed E-state index contributed by atoms with van der Waals surface area (Å²) in [4.78, 5) is 0. The van der Waals surface area contributed by atoms with E-state index in [0.29, 0.717) is 21.9 Å². The van der Waals surface area contributed by atoms with Crippen LogP contribution in [0.4, 0.5) is 0 Å². The molecule has 0 aliphatic rings. The molecule has 0 saturated carbocycles. The van der Waals surface area contributed by atoms with E-state index in [4.69, 9.17) is 9.90 Å². The average molecular weight is 556 g/mol. The molecule has 10 aromatic rings. The second kappa shape index (κ2) is 8.44. The molecule has 0 amide bonds. The van der Waals surface area contributed by atoms with E-state index in [9.17, 15) is 9.60 Å². The molecule has 0 N–H and O–H groups in total. The topological polar surface area (TPSA) is 13.1 Å². The normalized spacial score (nSPS) is 15.8. The van der Waals surface area contributed by atoms with Crippen LogP contribution in [-0.2, 0) is 0 Å². The maximum Gasteiger partial charge on any atom is 0.136 e. The van der Waals surface area contributed by atoms with E-state index in [-0.39, 0.29) is 61.3 Å². The summed E-state index contributed by atoms with van der Waals surface area (Å²) in [6.45, 7) is 0. The highest BCUT2D eigenvalue weighted by Crippen LogP contribution is 2.47. The summed E-state index contributed by atoms with van der Waals surface area (Å²) in [6.07, 6.45) is 0. The third-order valence-corrected chi connectivity index (χ3v) is 8.57. The van der Waals surface area contributed by atoms with E-state index in [1.165, 1.54) is 0 Å². The summed E-state index contributed by atoms with van der Waals surface area (Å²) in [5, 5.41) is 5.95. The molecule has 10 rings (SSSR count). The van der Waals surface area contributed by atoms with E-state index in [0.717, 1.165) is 26.9 Å². The SMILES string of the molecule is [2H]c1c([2H])c([2H])c2c(-c3ccc4ccc5cccc6ccc3c4c56)c3c([2H])c([2H])c([2H])c([2H])c3c(-c3c([2H])c([2H])c4c(oc5ccccc54)c3[2H])c2c1[2H]. The summed E-state index contributed by atoms with van der Waals surface area (Å²) >= 11 is 0. The van der Waals surface area contributed by atoms with Gasteiger partial charge in [-0.1, -0.05) is 127 Å². The van der Waals surface area contributed by atoms with Crippen molar-refractivity contribution in [2.75, 3.05) is 0 Å². The largest absolute Gasteiger partial charge is 0.456 e. The van der Waals surface area contributed by atoms with Gasteiger partial charge in [-0.3, -0.25) is 0 Å². The quantitative estimate of drug-likeness (QED) is 0.153. The van der Waals surface area contributed by atoms with Gasteiger partial charge < -0.3 is 4.42 Å². The third-order valence-electron chi connectivity index (χ3n) is 8.57. The minimum absolute atomic E-state index is 0.0222. The summed E-state index contributed by atoms with van der Waals surface area (Å²) in [5.74, 6) is 0. The molecule has 43 heavy (non-hydrogen) atoms. The van der Waals surface area contributed by atoms with Gasteiger partial charge in [0.2, 0.25) is 0 Å². The number of hydrogen-bond acceptors (Lipinski definition) is 1. The Morgan fingerprint density at radius 2 is 1.05 bits per heavy atom. The van der Waals surface area contributed by atoms with Gasteiger partial charge in [0.15, 0.2) is 0 Å². The van der Waals surface area contributed by atoms with Crippen molar-refractivity contribution in [2.45, 2.75) is 0 Å². The summed E-state index contributed by atoms with van der Waals surface area (Å²) in [6, 6.07) is 19.2. The predicted octanol–water partition coefficient (Wildman–Crippen LogP) is 12.1. The molecule has 0 bridgehead atoms. The Labute approximate surface area is 263 Å². The number of fused-ring (bicyclic) bond motifs is 5. The zero-order valence-corrected chi connectivity index (χ0v) is 22.4. The zero-order valence-electron chi connectivity index (χ0n) is 33.4. The Morgan fingerprint density at radius 1 is 0.419 bits per heavy atom. The van der Waals surface area contributed by atoms with Crippen LogP contribution in [0, 0.1) is 0 Å². The molecule has 0 radical (unpaired) electrons. The zero-order chi connectivity index (χ0) is 37.6. The molecule has 1 heteroatoms. The summed E-state index contributed by atoms with van der Waals surface area (Å²) in [7, 11) is 0. The van der Waals surface area contributed by atoms with E-state index < -0.39 is 54.4 Å². The van der Waals surface area contributed by atoms with Crippen molar-refractivity contribution < 1.29 is 19.5 Å². The lowest BCUT2D eigenvalue weighted by Gasteiger charge is -2.20. The number of benzene rings is 9. The van der Waals surface area contributed by atoms with Gasteiger partial charge in [-0.2, -0.15) is 0 Å². The molecule has 0 aliphatic carbocycles. The van der Waals surface area contributed by atoms with Crippen LogP contribution in [0.3, 0.4) is 0 Å². The van der Waals surface area contributed by atoms with Gasteiger partial charge in [0.25, 0.3) is 0 Å². The van der Waals surface area contributed by atoms with Crippen molar-refractivity contribution in [2.24, 2.45) is 0 Å². The molecule has 0 saturated heterocycles. The predicted molar refractivity (Wildman–Crippen MR) is 183 cm³/mol. The molecular formula is C42H24O. The molecule has 1 aromatic heterocycles. The van der Waals surface area contributed by atoms with Crippen molar-refractivity contribution in [3.05, 3.63) is 145 Å². The lowest BCUT2D eigenvalue weighted by molar-refractivity contribution is 0.669. The lowest BCUT2D eigenvalue weighted by atomic mass is 9.83. The van der Waals surface area contributed by atoms with Crippen LogP contribution < -0.4 is 0 Å². The molecule has 0 spiro atoms. The first-order chi connectivity index (χ1) is 25.9. The Bertz CT molecular complexity index is 3250. The van der Waals surface area contributed by atoms with Crippen molar-refractivity contribution in [1.29, 1.82) is 0 Å². The van der Waals surface area contributed by atoms with Gasteiger partial charge in [-0.25, -0.2) is 0 Å². The molecular weight excluding hydrogens is 520 g/mol. The van der Waals surface area contributed by atoms with Crippen LogP contribution in [0.5, 0.6) is 0 Å². The fourth-order valence-corrected chi connectivity index (χ4v) is 6.75. The van der Waals surface area contributed by atoms with Crippen LogP contribution in [0.25, 0.3) is 98.1 Å². The van der Waals surface area contributed by atoms with Gasteiger partial charge in [0.1, 0.15) is 11.2 Å². The minimum Gasteiger partial charge on any atom is -0.456 e. The maximum atomic E-state index is 9.50. The summed E-state index contributed by atoms with van der Waals surface area (Å²) in [5.41, 5.74) is 0.628. The molecule has 0 aliphatic heterocycles. The van der Waals surface area contributed by atoms with Crippen molar-refractivity contribution in [1.82, 2.24) is 0 Å². The van der Waals surface area contributed by atoms with E-state index in [1.807, 2.05) is 54.6 Å². The number of hydrogen-bond donors (Lipinski definition) is 0. The third kappa shape index (κ3) is 3.11. The van der Waals surface area contributed by atoms with Crippen LogP contribution >= 0.6 is 0 Å². The van der Waals surface area contributed by atoms with Crippen LogP contribution in [0.15, 0.2) is 150 Å². The molecule has 1 nitrogen and oxygen atoms in total. The van der Waals surface area contributed by atoms with Gasteiger partial charge in [0, 0.05) is 10.8 Å². The van der Waals surface area contributed by atoms with Gasteiger partial charge in [-0.05, 0) is 94.3 Å². The first-order valence-corrected chi connectivity index (χ1v) is 14.0. The monoisotopic (exact) mass is 555 g/mol. The average Bonchev–Trinajstić information content (AvgIpc) is 3.58. The molecule has 0 unspecified atom stereocenters. The first kappa shape index (κ1) is 15.0. The Hall–Kier alpha value is -5.66. The molecule has 198 valence electrons. The van der Waals surface area contributed by atoms with Gasteiger partial charge >= 0.3 is 0 Å². The standard InChI is InChI=1S/C42H24O/c1-3-13-33-31(11-1)40(28-20-21-30-29-10-5-6-15-37(29)43-38(30)24-28)32-12-2-4-14-34(32)42(33)36-23-19-27-17-16-25-8-7-9-26-18-22-35(36)41(27)39(25)26/h1-24H/i1D,2D,3D,4D,11D,12D,13D,14D,20D,21D,24D. The van der Waals surface area contributed by atoms with Crippen LogP contribution in [0.1, 0.15) is 15.1 Å². The first-order valence-electron chi connectivity index (χ1n) is 19.5. The Morgan fingerprint density at radius 3 is 1.79 bits per heavy atom. The van der Waals surface area contributed by atoms with Crippen LogP contribution in [-0.4, -0.2) is 0 Å². The fourth-order valence-electron chi connectivity index (χ4n) is 6.75. The molecule has 1 heterocycles. The molecule has 0 atom stereocenters.